The van der Waals surface area contributed by atoms with Gasteiger partial charge in [0.1, 0.15) is 0 Å². The number of aliphatic hydroxyl groups excluding tert-OH is 1. The lowest BCUT2D eigenvalue weighted by molar-refractivity contribution is 0.102. The van der Waals surface area contributed by atoms with Crippen LogP contribution in [-0.4, -0.2) is 52.3 Å². The smallest absolute Gasteiger partial charge is 0.231 e. The van der Waals surface area contributed by atoms with Crippen molar-refractivity contribution in [3.63, 3.8) is 0 Å². The predicted octanol–water partition coefficient (Wildman–Crippen LogP) is 1.72. The average Bonchev–Trinajstić information content (AvgIpc) is 2.50. The molecule has 0 saturated carbocycles. The van der Waals surface area contributed by atoms with E-state index in [1.165, 1.54) is 19.3 Å². The van der Waals surface area contributed by atoms with E-state index in [2.05, 4.69) is 26.8 Å². The SMILES string of the molecule is CC1CCN(c2nc(Cl)nc(N3CCCCC3)n2)CC1O. The summed E-state index contributed by atoms with van der Waals surface area (Å²) in [6.07, 6.45) is 4.19. The highest BCUT2D eigenvalue weighted by Gasteiger charge is 2.27. The van der Waals surface area contributed by atoms with E-state index in [0.29, 0.717) is 24.4 Å². The molecule has 1 aromatic heterocycles. The molecule has 2 aliphatic rings. The normalized spacial score (nSPS) is 27.0. The highest BCUT2D eigenvalue weighted by Crippen LogP contribution is 2.24. The van der Waals surface area contributed by atoms with Crippen LogP contribution in [0.1, 0.15) is 32.6 Å². The van der Waals surface area contributed by atoms with Crippen LogP contribution in [0.3, 0.4) is 0 Å². The molecular formula is C14H22ClN5O. The van der Waals surface area contributed by atoms with Gasteiger partial charge in [-0.15, -0.1) is 0 Å². The van der Waals surface area contributed by atoms with Crippen molar-refractivity contribution in [1.29, 1.82) is 0 Å². The zero-order valence-electron chi connectivity index (χ0n) is 12.4. The second-order valence-corrected chi connectivity index (χ2v) is 6.37. The zero-order chi connectivity index (χ0) is 14.8. The maximum atomic E-state index is 10.0. The van der Waals surface area contributed by atoms with Crippen molar-refractivity contribution in [3.05, 3.63) is 5.28 Å². The maximum Gasteiger partial charge on any atom is 0.231 e. The van der Waals surface area contributed by atoms with Crippen molar-refractivity contribution in [2.75, 3.05) is 36.0 Å². The minimum atomic E-state index is -0.340. The Morgan fingerprint density at radius 1 is 1.00 bits per heavy atom. The van der Waals surface area contributed by atoms with E-state index < -0.39 is 0 Å². The Bertz CT molecular complexity index is 494. The molecular weight excluding hydrogens is 290 g/mol. The topological polar surface area (TPSA) is 65.4 Å². The molecule has 1 N–H and O–H groups in total. The second-order valence-electron chi connectivity index (χ2n) is 6.03. The number of piperidine rings is 2. The van der Waals surface area contributed by atoms with Crippen LogP contribution in [0.5, 0.6) is 0 Å². The standard InChI is InChI=1S/C14H22ClN5O/c1-10-5-8-20(9-11(10)21)14-17-12(15)16-13(18-14)19-6-3-2-4-7-19/h10-11,21H,2-9H2,1H3. The van der Waals surface area contributed by atoms with E-state index >= 15 is 0 Å². The minimum Gasteiger partial charge on any atom is -0.391 e. The summed E-state index contributed by atoms with van der Waals surface area (Å²) in [5, 5.41) is 10.3. The van der Waals surface area contributed by atoms with E-state index in [1.54, 1.807) is 0 Å². The van der Waals surface area contributed by atoms with Gasteiger partial charge in [0.25, 0.3) is 0 Å². The van der Waals surface area contributed by atoms with Gasteiger partial charge in [0.15, 0.2) is 0 Å². The molecule has 2 aliphatic heterocycles. The van der Waals surface area contributed by atoms with Gasteiger partial charge < -0.3 is 14.9 Å². The van der Waals surface area contributed by atoms with Gasteiger partial charge in [-0.1, -0.05) is 6.92 Å². The molecule has 3 heterocycles. The summed E-state index contributed by atoms with van der Waals surface area (Å²) >= 11 is 6.08. The zero-order valence-corrected chi connectivity index (χ0v) is 13.1. The number of aliphatic hydroxyl groups is 1. The summed E-state index contributed by atoms with van der Waals surface area (Å²) in [7, 11) is 0. The Hall–Kier alpha value is -1.14. The first kappa shape index (κ1) is 14.8. The third-order valence-corrected chi connectivity index (χ3v) is 4.59. The quantitative estimate of drug-likeness (QED) is 0.897. The molecule has 2 fully saturated rings. The van der Waals surface area contributed by atoms with Gasteiger partial charge in [-0.05, 0) is 43.2 Å². The van der Waals surface area contributed by atoms with Crippen molar-refractivity contribution in [2.45, 2.75) is 38.7 Å². The summed E-state index contributed by atoms with van der Waals surface area (Å²) in [5.74, 6) is 1.57. The van der Waals surface area contributed by atoms with Crippen molar-refractivity contribution < 1.29 is 5.11 Å². The van der Waals surface area contributed by atoms with Gasteiger partial charge in [-0.3, -0.25) is 0 Å². The minimum absolute atomic E-state index is 0.230. The molecule has 2 saturated heterocycles. The molecule has 0 amide bonds. The van der Waals surface area contributed by atoms with E-state index in [9.17, 15) is 5.11 Å². The molecule has 0 bridgehead atoms. The summed E-state index contributed by atoms with van der Waals surface area (Å²) in [6, 6.07) is 0. The van der Waals surface area contributed by atoms with Crippen LogP contribution >= 0.6 is 11.6 Å². The molecule has 0 aromatic carbocycles. The Morgan fingerprint density at radius 2 is 1.67 bits per heavy atom. The first-order valence-electron chi connectivity index (χ1n) is 7.73. The largest absolute Gasteiger partial charge is 0.391 e. The lowest BCUT2D eigenvalue weighted by Gasteiger charge is -2.34. The average molecular weight is 312 g/mol. The van der Waals surface area contributed by atoms with Crippen LogP contribution in [0.25, 0.3) is 0 Å². The summed E-state index contributed by atoms with van der Waals surface area (Å²) in [4.78, 5) is 17.3. The molecule has 6 nitrogen and oxygen atoms in total. The van der Waals surface area contributed by atoms with Gasteiger partial charge >= 0.3 is 0 Å². The first-order valence-corrected chi connectivity index (χ1v) is 8.11. The Morgan fingerprint density at radius 3 is 2.33 bits per heavy atom. The first-order chi connectivity index (χ1) is 10.1. The molecule has 3 rings (SSSR count). The fourth-order valence-electron chi connectivity index (χ4n) is 2.94. The second kappa shape index (κ2) is 6.32. The van der Waals surface area contributed by atoms with Gasteiger partial charge in [0, 0.05) is 26.2 Å². The van der Waals surface area contributed by atoms with Crippen molar-refractivity contribution in [3.8, 4) is 0 Å². The number of nitrogens with zero attached hydrogens (tertiary/aromatic N) is 5. The number of β-amino-alcohol motifs (C(OH)–C–C–N with tert-alkyl or cyclic N) is 1. The molecule has 0 spiro atoms. The molecule has 21 heavy (non-hydrogen) atoms. The molecule has 1 aromatic rings. The Labute approximate surface area is 130 Å². The van der Waals surface area contributed by atoms with Crippen molar-refractivity contribution in [2.24, 2.45) is 5.92 Å². The third kappa shape index (κ3) is 3.37. The van der Waals surface area contributed by atoms with Crippen LogP contribution < -0.4 is 9.80 Å². The fraction of sp³-hybridized carbons (Fsp3) is 0.786. The molecule has 0 radical (unpaired) electrons. The number of rotatable bonds is 2. The number of hydrogen-bond acceptors (Lipinski definition) is 6. The summed E-state index contributed by atoms with van der Waals surface area (Å²) < 4.78 is 0. The summed E-state index contributed by atoms with van der Waals surface area (Å²) in [5.41, 5.74) is 0. The van der Waals surface area contributed by atoms with Crippen LogP contribution in [-0.2, 0) is 0 Å². The lowest BCUT2D eigenvalue weighted by atomic mass is 9.96. The van der Waals surface area contributed by atoms with Crippen LogP contribution in [0.15, 0.2) is 0 Å². The van der Waals surface area contributed by atoms with E-state index in [1.807, 2.05) is 4.90 Å². The monoisotopic (exact) mass is 311 g/mol. The molecule has 0 aliphatic carbocycles. The van der Waals surface area contributed by atoms with E-state index in [-0.39, 0.29) is 11.4 Å². The molecule has 2 atom stereocenters. The van der Waals surface area contributed by atoms with Crippen LogP contribution in [0, 0.1) is 5.92 Å². The van der Waals surface area contributed by atoms with Crippen molar-refractivity contribution >= 4 is 23.5 Å². The van der Waals surface area contributed by atoms with E-state index in [4.69, 9.17) is 11.6 Å². The van der Waals surface area contributed by atoms with Crippen molar-refractivity contribution in [1.82, 2.24) is 15.0 Å². The Kier molecular flexibility index (Phi) is 4.45. The molecule has 7 heteroatoms. The fourth-order valence-corrected chi connectivity index (χ4v) is 3.09. The van der Waals surface area contributed by atoms with Crippen LogP contribution in [0.4, 0.5) is 11.9 Å². The van der Waals surface area contributed by atoms with Gasteiger partial charge in [0.05, 0.1) is 6.10 Å². The number of anilines is 2. The van der Waals surface area contributed by atoms with E-state index in [0.717, 1.165) is 26.1 Å². The van der Waals surface area contributed by atoms with Gasteiger partial charge in [0.2, 0.25) is 17.2 Å². The number of hydrogen-bond donors (Lipinski definition) is 1. The predicted molar refractivity (Wildman–Crippen MR) is 82.9 cm³/mol. The highest BCUT2D eigenvalue weighted by molar-refractivity contribution is 6.28. The third-order valence-electron chi connectivity index (χ3n) is 4.42. The number of aromatic nitrogens is 3. The molecule has 2 unspecified atom stereocenters. The Balaban J connectivity index is 1.80. The number of halogens is 1. The molecule has 116 valence electrons. The highest BCUT2D eigenvalue weighted by atomic mass is 35.5. The van der Waals surface area contributed by atoms with Crippen LogP contribution in [0.2, 0.25) is 5.28 Å². The maximum absolute atomic E-state index is 10.0. The summed E-state index contributed by atoms with van der Waals surface area (Å²) in [6.45, 7) is 5.42. The van der Waals surface area contributed by atoms with Gasteiger partial charge in [-0.25, -0.2) is 0 Å². The lowest BCUT2D eigenvalue weighted by Crippen LogP contribution is -2.44. The van der Waals surface area contributed by atoms with Gasteiger partial charge in [-0.2, -0.15) is 15.0 Å².